The zero-order valence-electron chi connectivity index (χ0n) is 16.3. The van der Waals surface area contributed by atoms with Crippen molar-refractivity contribution in [3.8, 4) is 34.3 Å². The maximum Gasteiger partial charge on any atom is 0.231 e. The Morgan fingerprint density at radius 1 is 0.967 bits per heavy atom. The average Bonchev–Trinajstić information content (AvgIpc) is 3.37. The third kappa shape index (κ3) is 3.13. The normalized spacial score (nSPS) is 12.2. The summed E-state index contributed by atoms with van der Waals surface area (Å²) in [4.78, 5) is 4.81. The number of ether oxygens (including phenoxy) is 4. The van der Waals surface area contributed by atoms with Crippen molar-refractivity contribution in [2.75, 3.05) is 26.3 Å². The lowest BCUT2D eigenvalue weighted by Crippen LogP contribution is -1.98. The number of nitrogens with one attached hydrogen (secondary N) is 1. The fourth-order valence-electron chi connectivity index (χ4n) is 3.43. The van der Waals surface area contributed by atoms with Gasteiger partial charge in [-0.2, -0.15) is 0 Å². The number of hydrogen-bond acceptors (Lipinski definition) is 6. The molecule has 152 valence electrons. The molecule has 3 heterocycles. The van der Waals surface area contributed by atoms with Gasteiger partial charge in [-0.3, -0.25) is 4.40 Å². The quantitative estimate of drug-likeness (QED) is 0.479. The fraction of sp³-hybridized carbons (Fsp3) is 0.136. The van der Waals surface area contributed by atoms with Gasteiger partial charge >= 0.3 is 0 Å². The van der Waals surface area contributed by atoms with Crippen LogP contribution in [0.25, 0.3) is 16.9 Å². The third-order valence-corrected chi connectivity index (χ3v) is 5.10. The van der Waals surface area contributed by atoms with Crippen LogP contribution in [0.2, 0.25) is 5.02 Å². The number of rotatable bonds is 5. The summed E-state index contributed by atoms with van der Waals surface area (Å²) in [5.41, 5.74) is 3.21. The Bertz CT molecular complexity index is 1250. The molecule has 30 heavy (non-hydrogen) atoms. The van der Waals surface area contributed by atoms with Crippen molar-refractivity contribution in [2.24, 2.45) is 0 Å². The van der Waals surface area contributed by atoms with Gasteiger partial charge in [0.1, 0.15) is 17.2 Å². The first kappa shape index (κ1) is 18.4. The number of fused-ring (bicyclic) bond motifs is 2. The minimum atomic E-state index is 0.223. The lowest BCUT2D eigenvalue weighted by Gasteiger charge is -2.12. The van der Waals surface area contributed by atoms with Crippen LogP contribution in [0.15, 0.2) is 54.7 Å². The summed E-state index contributed by atoms with van der Waals surface area (Å²) >= 11 is 6.26. The number of hydrogen-bond donors (Lipinski definition) is 1. The molecule has 5 rings (SSSR count). The summed E-state index contributed by atoms with van der Waals surface area (Å²) in [5, 5.41) is 4.06. The monoisotopic (exact) mass is 423 g/mol. The largest absolute Gasteiger partial charge is 0.493 e. The molecular weight excluding hydrogens is 406 g/mol. The smallest absolute Gasteiger partial charge is 0.231 e. The van der Waals surface area contributed by atoms with E-state index in [4.69, 9.17) is 35.5 Å². The van der Waals surface area contributed by atoms with E-state index in [9.17, 15) is 0 Å². The Balaban J connectivity index is 1.65. The van der Waals surface area contributed by atoms with Gasteiger partial charge in [0.05, 0.1) is 19.2 Å². The van der Waals surface area contributed by atoms with Crippen LogP contribution in [0.5, 0.6) is 23.0 Å². The van der Waals surface area contributed by atoms with Crippen molar-refractivity contribution < 1.29 is 18.9 Å². The predicted octanol–water partition coefficient (Wildman–Crippen LogP) is 5.14. The molecule has 2 aromatic carbocycles. The Hall–Kier alpha value is -3.58. The first-order valence-electron chi connectivity index (χ1n) is 9.23. The van der Waals surface area contributed by atoms with E-state index < -0.39 is 0 Å². The second kappa shape index (κ2) is 7.35. The standard InChI is InChI=1S/C22H18ClN3O4/c1-27-16-6-3-13(9-18(16)28-2)21-22(26-11-14(23)4-8-20(26)25-21)24-15-5-7-17-19(10-15)30-12-29-17/h3-11,24H,12H2,1-2H3. The van der Waals surface area contributed by atoms with Gasteiger partial charge < -0.3 is 24.3 Å². The van der Waals surface area contributed by atoms with E-state index in [1.54, 1.807) is 14.2 Å². The maximum absolute atomic E-state index is 6.26. The van der Waals surface area contributed by atoms with Crippen LogP contribution in [-0.4, -0.2) is 30.4 Å². The third-order valence-electron chi connectivity index (χ3n) is 4.87. The molecule has 8 heteroatoms. The molecule has 1 aliphatic heterocycles. The molecule has 4 aromatic rings. The molecular formula is C22H18ClN3O4. The summed E-state index contributed by atoms with van der Waals surface area (Å²) in [6.45, 7) is 0.223. The van der Waals surface area contributed by atoms with Crippen LogP contribution in [0, 0.1) is 0 Å². The van der Waals surface area contributed by atoms with Crippen molar-refractivity contribution in [1.29, 1.82) is 0 Å². The zero-order valence-corrected chi connectivity index (χ0v) is 17.1. The summed E-state index contributed by atoms with van der Waals surface area (Å²) in [6, 6.07) is 15.1. The number of methoxy groups -OCH3 is 2. The molecule has 0 spiro atoms. The lowest BCUT2D eigenvalue weighted by molar-refractivity contribution is 0.174. The highest BCUT2D eigenvalue weighted by Gasteiger charge is 2.19. The van der Waals surface area contributed by atoms with Gasteiger partial charge in [0, 0.05) is 23.5 Å². The number of anilines is 2. The van der Waals surface area contributed by atoms with Crippen molar-refractivity contribution in [3.63, 3.8) is 0 Å². The molecule has 0 aliphatic carbocycles. The molecule has 1 aliphatic rings. The first-order chi connectivity index (χ1) is 14.7. The molecule has 0 amide bonds. The Morgan fingerprint density at radius 3 is 2.63 bits per heavy atom. The lowest BCUT2D eigenvalue weighted by atomic mass is 10.1. The molecule has 0 fully saturated rings. The van der Waals surface area contributed by atoms with Gasteiger partial charge in [-0.1, -0.05) is 11.6 Å². The molecule has 7 nitrogen and oxygen atoms in total. The molecule has 0 radical (unpaired) electrons. The predicted molar refractivity (Wildman–Crippen MR) is 115 cm³/mol. The second-order valence-corrected chi connectivity index (χ2v) is 7.08. The van der Waals surface area contributed by atoms with Gasteiger partial charge in [0.2, 0.25) is 6.79 Å². The van der Waals surface area contributed by atoms with Crippen molar-refractivity contribution in [3.05, 3.63) is 59.8 Å². The van der Waals surface area contributed by atoms with E-state index in [1.807, 2.05) is 59.1 Å². The summed E-state index contributed by atoms with van der Waals surface area (Å²) in [5.74, 6) is 3.46. The Labute approximate surface area is 177 Å². The highest BCUT2D eigenvalue weighted by atomic mass is 35.5. The summed E-state index contributed by atoms with van der Waals surface area (Å²) < 4.78 is 23.6. The number of nitrogens with zero attached hydrogens (tertiary/aromatic N) is 2. The first-order valence-corrected chi connectivity index (χ1v) is 9.61. The highest BCUT2D eigenvalue weighted by molar-refractivity contribution is 6.30. The second-order valence-electron chi connectivity index (χ2n) is 6.65. The molecule has 2 aromatic heterocycles. The van der Waals surface area contributed by atoms with E-state index in [0.717, 1.165) is 34.2 Å². The summed E-state index contributed by atoms with van der Waals surface area (Å²) in [7, 11) is 3.22. The molecule has 0 saturated heterocycles. The highest BCUT2D eigenvalue weighted by Crippen LogP contribution is 2.39. The van der Waals surface area contributed by atoms with Crippen LogP contribution >= 0.6 is 11.6 Å². The van der Waals surface area contributed by atoms with Crippen molar-refractivity contribution in [1.82, 2.24) is 9.38 Å². The van der Waals surface area contributed by atoms with Crippen LogP contribution < -0.4 is 24.3 Å². The minimum absolute atomic E-state index is 0.223. The number of aromatic nitrogens is 2. The van der Waals surface area contributed by atoms with Crippen LogP contribution in [0.3, 0.4) is 0 Å². The van der Waals surface area contributed by atoms with Gasteiger partial charge in [-0.05, 0) is 42.5 Å². The van der Waals surface area contributed by atoms with Crippen molar-refractivity contribution in [2.45, 2.75) is 0 Å². The number of imidazole rings is 1. The van der Waals surface area contributed by atoms with E-state index in [1.165, 1.54) is 0 Å². The van der Waals surface area contributed by atoms with Gasteiger partial charge in [0.25, 0.3) is 0 Å². The molecule has 0 atom stereocenters. The number of pyridine rings is 1. The summed E-state index contributed by atoms with van der Waals surface area (Å²) in [6.07, 6.45) is 1.82. The van der Waals surface area contributed by atoms with Crippen LogP contribution in [0.4, 0.5) is 11.5 Å². The average molecular weight is 424 g/mol. The molecule has 0 unspecified atom stereocenters. The van der Waals surface area contributed by atoms with E-state index in [-0.39, 0.29) is 6.79 Å². The molecule has 0 saturated carbocycles. The Kier molecular flexibility index (Phi) is 4.52. The minimum Gasteiger partial charge on any atom is -0.493 e. The molecule has 0 bridgehead atoms. The van der Waals surface area contributed by atoms with E-state index in [0.29, 0.717) is 22.3 Å². The van der Waals surface area contributed by atoms with Gasteiger partial charge in [-0.25, -0.2) is 4.98 Å². The van der Waals surface area contributed by atoms with E-state index >= 15 is 0 Å². The maximum atomic E-state index is 6.26. The van der Waals surface area contributed by atoms with Gasteiger partial charge in [-0.15, -0.1) is 0 Å². The number of halogens is 1. The zero-order chi connectivity index (χ0) is 20.7. The fourth-order valence-corrected chi connectivity index (χ4v) is 3.59. The van der Waals surface area contributed by atoms with Crippen LogP contribution in [0.1, 0.15) is 0 Å². The SMILES string of the molecule is COc1ccc(-c2nc3ccc(Cl)cn3c2Nc2ccc3c(c2)OCO3)cc1OC. The topological polar surface area (TPSA) is 66.3 Å². The van der Waals surface area contributed by atoms with Crippen LogP contribution in [-0.2, 0) is 0 Å². The van der Waals surface area contributed by atoms with Crippen molar-refractivity contribution >= 4 is 28.8 Å². The Morgan fingerprint density at radius 2 is 1.80 bits per heavy atom. The van der Waals surface area contributed by atoms with E-state index in [2.05, 4.69) is 5.32 Å². The number of benzene rings is 2. The molecule has 1 N–H and O–H groups in total. The van der Waals surface area contributed by atoms with Gasteiger partial charge in [0.15, 0.2) is 23.0 Å².